The summed E-state index contributed by atoms with van der Waals surface area (Å²) in [5, 5.41) is 4.99. The first-order valence-corrected chi connectivity index (χ1v) is 8.15. The zero-order chi connectivity index (χ0) is 12.5. The lowest BCUT2D eigenvalue weighted by atomic mass is 10.1. The van der Waals surface area contributed by atoms with Crippen LogP contribution in [-0.2, 0) is 13.0 Å². The molecule has 0 fully saturated rings. The van der Waals surface area contributed by atoms with Gasteiger partial charge >= 0.3 is 0 Å². The summed E-state index contributed by atoms with van der Waals surface area (Å²) in [6.45, 7) is 2.75. The Morgan fingerprint density at radius 2 is 2.33 bits per heavy atom. The number of hydrogen-bond acceptors (Lipinski definition) is 4. The van der Waals surface area contributed by atoms with Gasteiger partial charge in [-0.1, -0.05) is 11.6 Å². The molecular weight excluding hydrogens is 284 g/mol. The molecule has 1 aliphatic heterocycles. The van der Waals surface area contributed by atoms with Gasteiger partial charge in [0.1, 0.15) is 0 Å². The highest BCUT2D eigenvalue weighted by Crippen LogP contribution is 2.33. The standard InChI is InChI=1S/C13H15ClN2S2/c14-10-5-13(18-8-10)11(6-15)16-3-1-12-9(7-16)2-4-17-12/h2,4-5,8,11H,1,3,6-7,15H2. The highest BCUT2D eigenvalue weighted by Gasteiger charge is 2.25. The van der Waals surface area contributed by atoms with E-state index in [2.05, 4.69) is 16.3 Å². The second kappa shape index (κ2) is 5.31. The van der Waals surface area contributed by atoms with Gasteiger partial charge < -0.3 is 5.73 Å². The highest BCUT2D eigenvalue weighted by molar-refractivity contribution is 7.10. The van der Waals surface area contributed by atoms with Gasteiger partial charge in [-0.3, -0.25) is 4.90 Å². The summed E-state index contributed by atoms with van der Waals surface area (Å²) in [4.78, 5) is 5.28. The summed E-state index contributed by atoms with van der Waals surface area (Å²) in [6, 6.07) is 4.59. The Morgan fingerprint density at radius 1 is 1.44 bits per heavy atom. The Bertz CT molecular complexity index is 535. The molecule has 96 valence electrons. The third-order valence-electron chi connectivity index (χ3n) is 3.42. The molecule has 3 heterocycles. The van der Waals surface area contributed by atoms with Crippen LogP contribution in [0.5, 0.6) is 0 Å². The quantitative estimate of drug-likeness (QED) is 0.939. The van der Waals surface area contributed by atoms with Gasteiger partial charge in [0, 0.05) is 34.8 Å². The van der Waals surface area contributed by atoms with E-state index in [1.807, 2.05) is 22.8 Å². The average Bonchev–Trinajstić information content (AvgIpc) is 2.99. The van der Waals surface area contributed by atoms with Gasteiger partial charge in [0.25, 0.3) is 0 Å². The van der Waals surface area contributed by atoms with Crippen molar-refractivity contribution < 1.29 is 0 Å². The molecule has 1 unspecified atom stereocenters. The van der Waals surface area contributed by atoms with Crippen molar-refractivity contribution in [3.05, 3.63) is 43.2 Å². The predicted octanol–water partition coefficient (Wildman–Crippen LogP) is 3.52. The number of fused-ring (bicyclic) bond motifs is 1. The van der Waals surface area contributed by atoms with E-state index < -0.39 is 0 Å². The van der Waals surface area contributed by atoms with Gasteiger partial charge in [-0.05, 0) is 29.5 Å². The largest absolute Gasteiger partial charge is 0.329 e. The monoisotopic (exact) mass is 298 g/mol. The van der Waals surface area contributed by atoms with Crippen molar-refractivity contribution in [2.45, 2.75) is 19.0 Å². The van der Waals surface area contributed by atoms with Crippen molar-refractivity contribution in [2.75, 3.05) is 13.1 Å². The zero-order valence-corrected chi connectivity index (χ0v) is 12.3. The minimum atomic E-state index is 0.301. The zero-order valence-electron chi connectivity index (χ0n) is 9.93. The Hall–Kier alpha value is -0.390. The minimum Gasteiger partial charge on any atom is -0.329 e. The lowest BCUT2D eigenvalue weighted by molar-refractivity contribution is 0.188. The Morgan fingerprint density at radius 3 is 3.06 bits per heavy atom. The molecule has 0 amide bonds. The van der Waals surface area contributed by atoms with Gasteiger partial charge in [-0.2, -0.15) is 0 Å². The fraction of sp³-hybridized carbons (Fsp3) is 0.385. The number of nitrogens with two attached hydrogens (primary N) is 1. The van der Waals surface area contributed by atoms with Crippen molar-refractivity contribution >= 4 is 34.3 Å². The molecule has 0 spiro atoms. The maximum atomic E-state index is 6.02. The van der Waals surface area contributed by atoms with Gasteiger partial charge in [0.15, 0.2) is 0 Å². The first-order valence-electron chi connectivity index (χ1n) is 6.01. The van der Waals surface area contributed by atoms with Gasteiger partial charge in [-0.15, -0.1) is 22.7 Å². The van der Waals surface area contributed by atoms with E-state index in [0.29, 0.717) is 12.6 Å². The maximum absolute atomic E-state index is 6.02. The van der Waals surface area contributed by atoms with Crippen LogP contribution in [0.25, 0.3) is 0 Å². The van der Waals surface area contributed by atoms with E-state index in [9.17, 15) is 0 Å². The van der Waals surface area contributed by atoms with Crippen molar-refractivity contribution in [2.24, 2.45) is 5.73 Å². The number of rotatable bonds is 3. The summed E-state index contributed by atoms with van der Waals surface area (Å²) in [6.07, 6.45) is 1.14. The number of thiophene rings is 2. The fourth-order valence-corrected chi connectivity index (χ4v) is 4.60. The van der Waals surface area contributed by atoms with E-state index in [1.165, 1.54) is 15.3 Å². The first-order chi connectivity index (χ1) is 8.78. The van der Waals surface area contributed by atoms with E-state index in [1.54, 1.807) is 11.3 Å². The molecule has 3 rings (SSSR count). The van der Waals surface area contributed by atoms with E-state index in [-0.39, 0.29) is 0 Å². The molecule has 2 aromatic heterocycles. The molecule has 2 aromatic rings. The van der Waals surface area contributed by atoms with Crippen LogP contribution in [0.15, 0.2) is 22.9 Å². The molecule has 1 aliphatic rings. The summed E-state index contributed by atoms with van der Waals surface area (Å²) >= 11 is 9.60. The summed E-state index contributed by atoms with van der Waals surface area (Å²) in [5.74, 6) is 0. The van der Waals surface area contributed by atoms with Crippen molar-refractivity contribution in [3.63, 3.8) is 0 Å². The van der Waals surface area contributed by atoms with Crippen LogP contribution < -0.4 is 5.73 Å². The first kappa shape index (κ1) is 12.6. The second-order valence-corrected chi connectivity index (χ2v) is 6.89. The number of halogens is 1. The summed E-state index contributed by atoms with van der Waals surface area (Å²) in [5.41, 5.74) is 7.43. The Labute approximate surface area is 120 Å². The smallest absolute Gasteiger partial charge is 0.0567 e. The lowest BCUT2D eigenvalue weighted by Crippen LogP contribution is -2.36. The van der Waals surface area contributed by atoms with Crippen molar-refractivity contribution in [1.82, 2.24) is 4.90 Å². The molecule has 0 aromatic carbocycles. The molecule has 0 aliphatic carbocycles. The van der Waals surface area contributed by atoms with Crippen LogP contribution >= 0.6 is 34.3 Å². The Kier molecular flexibility index (Phi) is 3.73. The highest BCUT2D eigenvalue weighted by atomic mass is 35.5. The topological polar surface area (TPSA) is 29.3 Å². The number of nitrogens with zero attached hydrogens (tertiary/aromatic N) is 1. The van der Waals surface area contributed by atoms with Crippen molar-refractivity contribution in [1.29, 1.82) is 0 Å². The predicted molar refractivity (Wildman–Crippen MR) is 79.6 cm³/mol. The third kappa shape index (κ3) is 2.36. The van der Waals surface area contributed by atoms with Gasteiger partial charge in [0.2, 0.25) is 0 Å². The molecule has 0 radical (unpaired) electrons. The van der Waals surface area contributed by atoms with Crippen LogP contribution in [-0.4, -0.2) is 18.0 Å². The Balaban J connectivity index is 1.82. The molecule has 5 heteroatoms. The molecule has 0 saturated carbocycles. The second-order valence-electron chi connectivity index (χ2n) is 4.51. The van der Waals surface area contributed by atoms with Crippen LogP contribution in [0.2, 0.25) is 5.02 Å². The van der Waals surface area contributed by atoms with Crippen LogP contribution in [0.4, 0.5) is 0 Å². The van der Waals surface area contributed by atoms with E-state index >= 15 is 0 Å². The van der Waals surface area contributed by atoms with E-state index in [4.69, 9.17) is 17.3 Å². The summed E-state index contributed by atoms with van der Waals surface area (Å²) in [7, 11) is 0. The normalized spacial score (nSPS) is 17.7. The van der Waals surface area contributed by atoms with Crippen molar-refractivity contribution in [3.8, 4) is 0 Å². The van der Waals surface area contributed by atoms with Crippen LogP contribution in [0, 0.1) is 0 Å². The molecule has 2 N–H and O–H groups in total. The summed E-state index contributed by atoms with van der Waals surface area (Å²) < 4.78 is 0. The molecule has 1 atom stereocenters. The molecular formula is C13H15ClN2S2. The average molecular weight is 299 g/mol. The maximum Gasteiger partial charge on any atom is 0.0567 e. The van der Waals surface area contributed by atoms with Crippen LogP contribution in [0.3, 0.4) is 0 Å². The van der Waals surface area contributed by atoms with Gasteiger partial charge in [-0.25, -0.2) is 0 Å². The molecule has 0 saturated heterocycles. The minimum absolute atomic E-state index is 0.301. The fourth-order valence-electron chi connectivity index (χ4n) is 2.48. The van der Waals surface area contributed by atoms with Gasteiger partial charge in [0.05, 0.1) is 11.1 Å². The lowest BCUT2D eigenvalue weighted by Gasteiger charge is -2.33. The number of hydrogen-bond donors (Lipinski definition) is 1. The third-order valence-corrected chi connectivity index (χ3v) is 5.82. The molecule has 0 bridgehead atoms. The molecule has 2 nitrogen and oxygen atoms in total. The van der Waals surface area contributed by atoms with Crippen LogP contribution in [0.1, 0.15) is 21.4 Å². The molecule has 18 heavy (non-hydrogen) atoms. The SMILES string of the molecule is NCC(c1cc(Cl)cs1)N1CCc2sccc2C1. The van der Waals surface area contributed by atoms with E-state index in [0.717, 1.165) is 24.5 Å².